The molecule has 1 saturated heterocycles. The Morgan fingerprint density at radius 3 is 2.62 bits per heavy atom. The van der Waals surface area contributed by atoms with Gasteiger partial charge in [0, 0.05) is 0 Å². The van der Waals surface area contributed by atoms with Gasteiger partial charge in [0.25, 0.3) is 0 Å². The van der Waals surface area contributed by atoms with E-state index in [1.54, 1.807) is 6.08 Å². The lowest BCUT2D eigenvalue weighted by molar-refractivity contribution is -0.0506. The SMILES string of the molecule is CC1=CC[C@H]2C(C)(C)CCC[C@]2(C)[C@H]1C[C@]12O[C@H]1[C@H](O)C(CO)=C[C@H]2O. The molecule has 7 atom stereocenters. The number of hydrogen-bond acceptors (Lipinski definition) is 4. The van der Waals surface area contributed by atoms with Crippen molar-refractivity contribution < 1.29 is 20.1 Å². The van der Waals surface area contributed by atoms with Crippen molar-refractivity contribution in [3.63, 3.8) is 0 Å². The highest BCUT2D eigenvalue weighted by Gasteiger charge is 2.68. The van der Waals surface area contributed by atoms with Crippen LogP contribution in [0.1, 0.15) is 59.8 Å². The second-order valence-corrected chi connectivity index (χ2v) is 10.1. The monoisotopic (exact) mass is 362 g/mol. The standard InChI is InChI=1S/C22H34O4/c1-13-6-7-16-20(2,3)8-5-9-21(16,4)15(13)11-22-17(24)10-14(12-23)18(25)19(22)26-22/h6,10,15-19,23-25H,5,7-9,11-12H2,1-4H3/t15-,16-,17+,18+,19-,21+,22+/m0/s1. The summed E-state index contributed by atoms with van der Waals surface area (Å²) >= 11 is 0. The topological polar surface area (TPSA) is 73.2 Å². The molecule has 0 aromatic carbocycles. The first-order chi connectivity index (χ1) is 12.2. The number of hydrogen-bond donors (Lipinski definition) is 3. The third-order valence-corrected chi connectivity index (χ3v) is 8.31. The minimum absolute atomic E-state index is 0.206. The van der Waals surface area contributed by atoms with E-state index in [0.29, 0.717) is 22.8 Å². The van der Waals surface area contributed by atoms with Gasteiger partial charge in [-0.25, -0.2) is 0 Å². The zero-order chi connectivity index (χ0) is 18.9. The number of ether oxygens (including phenoxy) is 1. The molecule has 4 heteroatoms. The van der Waals surface area contributed by atoms with Gasteiger partial charge in [0.05, 0.1) is 6.61 Å². The summed E-state index contributed by atoms with van der Waals surface area (Å²) in [5.74, 6) is 0.997. The lowest BCUT2D eigenvalue weighted by Crippen LogP contribution is -2.51. The molecule has 4 aliphatic rings. The van der Waals surface area contributed by atoms with Gasteiger partial charge in [-0.3, -0.25) is 0 Å². The highest BCUT2D eigenvalue weighted by Crippen LogP contribution is 2.63. The number of aliphatic hydroxyl groups is 3. The molecule has 1 saturated carbocycles. The largest absolute Gasteiger partial charge is 0.392 e. The summed E-state index contributed by atoms with van der Waals surface area (Å²) in [5.41, 5.74) is 1.73. The predicted octanol–water partition coefficient (Wildman–Crippen LogP) is 2.97. The minimum atomic E-state index is -0.803. The maximum absolute atomic E-state index is 10.7. The third kappa shape index (κ3) is 2.49. The Hall–Kier alpha value is -0.680. The number of allylic oxidation sites excluding steroid dienone is 2. The second-order valence-electron chi connectivity index (χ2n) is 10.1. The van der Waals surface area contributed by atoms with E-state index >= 15 is 0 Å². The fraction of sp³-hybridized carbons (Fsp3) is 0.818. The molecule has 0 aromatic rings. The van der Waals surface area contributed by atoms with E-state index in [-0.39, 0.29) is 12.0 Å². The average Bonchev–Trinajstić information content (AvgIpc) is 3.30. The molecule has 4 rings (SSSR count). The molecule has 146 valence electrons. The van der Waals surface area contributed by atoms with Crippen LogP contribution in [-0.4, -0.2) is 45.8 Å². The van der Waals surface area contributed by atoms with Gasteiger partial charge < -0.3 is 20.1 Å². The van der Waals surface area contributed by atoms with Gasteiger partial charge in [0.1, 0.15) is 23.9 Å². The van der Waals surface area contributed by atoms with Crippen molar-refractivity contribution >= 4 is 0 Å². The quantitative estimate of drug-likeness (QED) is 0.533. The molecule has 0 aromatic heterocycles. The predicted molar refractivity (Wildman–Crippen MR) is 100 cm³/mol. The summed E-state index contributed by atoms with van der Waals surface area (Å²) in [6, 6.07) is 0. The maximum Gasteiger partial charge on any atom is 0.128 e. The van der Waals surface area contributed by atoms with Gasteiger partial charge in [0.15, 0.2) is 0 Å². The summed E-state index contributed by atoms with van der Waals surface area (Å²) in [6.45, 7) is 9.25. The normalized spacial score (nSPS) is 49.6. The van der Waals surface area contributed by atoms with Crippen LogP contribution in [0.5, 0.6) is 0 Å². The molecule has 3 N–H and O–H groups in total. The molecule has 2 fully saturated rings. The second kappa shape index (κ2) is 5.91. The highest BCUT2D eigenvalue weighted by molar-refractivity contribution is 5.33. The Balaban J connectivity index is 1.65. The fourth-order valence-corrected chi connectivity index (χ4v) is 6.69. The van der Waals surface area contributed by atoms with Crippen LogP contribution in [0, 0.1) is 22.7 Å². The smallest absolute Gasteiger partial charge is 0.128 e. The summed E-state index contributed by atoms with van der Waals surface area (Å²) in [6.07, 6.45) is 7.70. The van der Waals surface area contributed by atoms with E-state index in [1.165, 1.54) is 24.8 Å². The lowest BCUT2D eigenvalue weighted by Gasteiger charge is -2.57. The van der Waals surface area contributed by atoms with Crippen LogP contribution >= 0.6 is 0 Å². The fourth-order valence-electron chi connectivity index (χ4n) is 6.69. The van der Waals surface area contributed by atoms with Crippen LogP contribution in [-0.2, 0) is 4.74 Å². The molecule has 0 unspecified atom stereocenters. The van der Waals surface area contributed by atoms with Crippen LogP contribution in [0.25, 0.3) is 0 Å². The highest BCUT2D eigenvalue weighted by atomic mass is 16.6. The Morgan fingerprint density at radius 1 is 1.19 bits per heavy atom. The minimum Gasteiger partial charge on any atom is -0.392 e. The first kappa shape index (κ1) is 18.7. The van der Waals surface area contributed by atoms with E-state index in [2.05, 4.69) is 33.8 Å². The van der Waals surface area contributed by atoms with Gasteiger partial charge in [-0.2, -0.15) is 0 Å². The lowest BCUT2D eigenvalue weighted by atomic mass is 9.47. The van der Waals surface area contributed by atoms with Gasteiger partial charge in [0.2, 0.25) is 0 Å². The van der Waals surface area contributed by atoms with E-state index in [1.807, 2.05) is 0 Å². The molecule has 0 spiro atoms. The van der Waals surface area contributed by atoms with E-state index in [9.17, 15) is 15.3 Å². The molecule has 26 heavy (non-hydrogen) atoms. The van der Waals surface area contributed by atoms with Crippen molar-refractivity contribution in [1.82, 2.24) is 0 Å². The number of epoxide rings is 1. The van der Waals surface area contributed by atoms with Crippen molar-refractivity contribution in [2.45, 2.75) is 83.7 Å². The van der Waals surface area contributed by atoms with Crippen molar-refractivity contribution in [3.05, 3.63) is 23.3 Å². The average molecular weight is 363 g/mol. The molecule has 1 aliphatic heterocycles. The van der Waals surface area contributed by atoms with Crippen molar-refractivity contribution in [3.8, 4) is 0 Å². The van der Waals surface area contributed by atoms with E-state index in [4.69, 9.17) is 4.74 Å². The third-order valence-electron chi connectivity index (χ3n) is 8.31. The Kier molecular flexibility index (Phi) is 4.24. The molecule has 0 amide bonds. The molecular formula is C22H34O4. The summed E-state index contributed by atoms with van der Waals surface area (Å²) in [5, 5.41) is 30.6. The summed E-state index contributed by atoms with van der Waals surface area (Å²) in [7, 11) is 0. The van der Waals surface area contributed by atoms with Crippen LogP contribution in [0.2, 0.25) is 0 Å². The molecular weight excluding hydrogens is 328 g/mol. The van der Waals surface area contributed by atoms with E-state index < -0.39 is 23.9 Å². The zero-order valence-corrected chi connectivity index (χ0v) is 16.5. The van der Waals surface area contributed by atoms with Crippen LogP contribution in [0.4, 0.5) is 0 Å². The molecule has 4 nitrogen and oxygen atoms in total. The van der Waals surface area contributed by atoms with Gasteiger partial charge in [-0.1, -0.05) is 38.8 Å². The van der Waals surface area contributed by atoms with E-state index in [0.717, 1.165) is 12.8 Å². The van der Waals surface area contributed by atoms with Gasteiger partial charge in [-0.05, 0) is 66.9 Å². The number of rotatable bonds is 3. The van der Waals surface area contributed by atoms with Crippen LogP contribution in [0.3, 0.4) is 0 Å². The number of aliphatic hydroxyl groups excluding tert-OH is 3. The first-order valence-corrected chi connectivity index (χ1v) is 10.2. The molecule has 0 bridgehead atoms. The van der Waals surface area contributed by atoms with Crippen LogP contribution < -0.4 is 0 Å². The molecule has 3 aliphatic carbocycles. The Labute approximate surface area is 156 Å². The maximum atomic E-state index is 10.7. The Bertz CT molecular complexity index is 651. The van der Waals surface area contributed by atoms with Crippen molar-refractivity contribution in [1.29, 1.82) is 0 Å². The summed E-state index contributed by atoms with van der Waals surface area (Å²) < 4.78 is 5.96. The first-order valence-electron chi connectivity index (χ1n) is 10.2. The van der Waals surface area contributed by atoms with Gasteiger partial charge in [-0.15, -0.1) is 0 Å². The zero-order valence-electron chi connectivity index (χ0n) is 16.5. The van der Waals surface area contributed by atoms with Gasteiger partial charge >= 0.3 is 0 Å². The molecule has 1 heterocycles. The Morgan fingerprint density at radius 2 is 1.92 bits per heavy atom. The summed E-state index contributed by atoms with van der Waals surface area (Å²) in [4.78, 5) is 0. The number of fused-ring (bicyclic) bond motifs is 2. The molecule has 0 radical (unpaired) electrons. The van der Waals surface area contributed by atoms with Crippen molar-refractivity contribution in [2.24, 2.45) is 22.7 Å². The van der Waals surface area contributed by atoms with Crippen molar-refractivity contribution in [2.75, 3.05) is 6.61 Å². The van der Waals surface area contributed by atoms with Crippen LogP contribution in [0.15, 0.2) is 23.3 Å².